The summed E-state index contributed by atoms with van der Waals surface area (Å²) >= 11 is 0. The lowest BCUT2D eigenvalue weighted by atomic mass is 10.2. The molecule has 9 heteroatoms. The van der Waals surface area contributed by atoms with Gasteiger partial charge in [-0.3, -0.25) is 15.0 Å². The van der Waals surface area contributed by atoms with Crippen LogP contribution in [0.5, 0.6) is 0 Å². The Bertz CT molecular complexity index is 1430. The van der Waals surface area contributed by atoms with Crippen LogP contribution in [-0.2, 0) is 0 Å². The Hall–Kier alpha value is -4.66. The molecule has 1 aliphatic rings. The molecule has 31 heavy (non-hydrogen) atoms. The van der Waals surface area contributed by atoms with E-state index in [1.54, 1.807) is 18.6 Å². The van der Waals surface area contributed by atoms with Crippen molar-refractivity contribution < 1.29 is 0 Å². The zero-order chi connectivity index (χ0) is 20.6. The van der Waals surface area contributed by atoms with Gasteiger partial charge in [-0.1, -0.05) is 18.2 Å². The van der Waals surface area contributed by atoms with Crippen molar-refractivity contribution in [2.24, 2.45) is 4.99 Å². The zero-order valence-electron chi connectivity index (χ0n) is 16.0. The van der Waals surface area contributed by atoms with Gasteiger partial charge in [-0.2, -0.15) is 0 Å². The molecule has 0 amide bonds. The molecule has 5 aromatic heterocycles. The smallest absolute Gasteiger partial charge is 0.182 e. The molecule has 0 saturated heterocycles. The monoisotopic (exact) mass is 403 g/mol. The highest BCUT2D eigenvalue weighted by molar-refractivity contribution is 6.16. The van der Waals surface area contributed by atoms with E-state index >= 15 is 0 Å². The summed E-state index contributed by atoms with van der Waals surface area (Å²) in [5, 5.41) is 3.90. The maximum Gasteiger partial charge on any atom is 0.182 e. The highest BCUT2D eigenvalue weighted by Gasteiger charge is 2.24. The van der Waals surface area contributed by atoms with Crippen molar-refractivity contribution in [3.63, 3.8) is 0 Å². The van der Waals surface area contributed by atoms with Gasteiger partial charge in [-0.25, -0.2) is 24.9 Å². The number of aromatic nitrogens is 7. The van der Waals surface area contributed by atoms with Crippen molar-refractivity contribution in [3.05, 3.63) is 78.9 Å². The third-order valence-electron chi connectivity index (χ3n) is 4.69. The minimum absolute atomic E-state index is 0.436. The summed E-state index contributed by atoms with van der Waals surface area (Å²) in [6.45, 7) is 0. The van der Waals surface area contributed by atoms with Crippen molar-refractivity contribution >= 4 is 28.5 Å². The average molecular weight is 403 g/mol. The number of nitrogens with zero attached hydrogens (tertiary/aromatic N) is 8. The van der Waals surface area contributed by atoms with Crippen molar-refractivity contribution in [1.29, 1.82) is 0 Å². The van der Waals surface area contributed by atoms with E-state index in [1.807, 2.05) is 54.6 Å². The van der Waals surface area contributed by atoms with Gasteiger partial charge in [-0.05, 0) is 36.4 Å². The van der Waals surface area contributed by atoms with E-state index in [0.717, 1.165) is 0 Å². The minimum atomic E-state index is 0.436. The van der Waals surface area contributed by atoms with Crippen molar-refractivity contribution in [1.82, 2.24) is 34.9 Å². The predicted octanol–water partition coefficient (Wildman–Crippen LogP) is 3.44. The highest BCUT2D eigenvalue weighted by Crippen LogP contribution is 2.35. The molecule has 0 saturated carbocycles. The first-order valence-corrected chi connectivity index (χ1v) is 9.55. The Balaban J connectivity index is 1.62. The van der Waals surface area contributed by atoms with Gasteiger partial charge in [0.2, 0.25) is 0 Å². The van der Waals surface area contributed by atoms with Crippen LogP contribution in [-0.4, -0.2) is 40.7 Å². The SMILES string of the molecule is c1ccc(C2=Nc3nc(-c4ccccn4)nc4nc(-c5ccccn5)nc(c34)N2)nc1. The fourth-order valence-electron chi connectivity index (χ4n) is 3.28. The molecule has 146 valence electrons. The fourth-order valence-corrected chi connectivity index (χ4v) is 3.28. The van der Waals surface area contributed by atoms with Gasteiger partial charge in [0, 0.05) is 18.6 Å². The zero-order valence-corrected chi connectivity index (χ0v) is 16.0. The largest absolute Gasteiger partial charge is 0.322 e. The standard InChI is InChI=1S/C22H13N9/c1-4-10-23-13(7-1)17-26-20-16-21(27-17)29-19(15-9-3-6-12-25-15)31-22(16)30-18(28-20)14-8-2-5-11-24-14/h1-12H,(H,26,27,28,29,30,31). The molecule has 0 spiro atoms. The molecule has 0 radical (unpaired) electrons. The summed E-state index contributed by atoms with van der Waals surface area (Å²) < 4.78 is 0. The third-order valence-corrected chi connectivity index (χ3v) is 4.69. The molecule has 0 bridgehead atoms. The number of nitrogens with one attached hydrogen (secondary N) is 1. The Labute approximate surface area is 176 Å². The lowest BCUT2D eigenvalue weighted by Gasteiger charge is -2.18. The van der Waals surface area contributed by atoms with Gasteiger partial charge in [0.25, 0.3) is 0 Å². The van der Waals surface area contributed by atoms with E-state index in [0.29, 0.717) is 57.2 Å². The fraction of sp³-hybridized carbons (Fsp3) is 0. The van der Waals surface area contributed by atoms with Gasteiger partial charge in [-0.15, -0.1) is 0 Å². The lowest BCUT2D eigenvalue weighted by molar-refractivity contribution is 1.10. The quantitative estimate of drug-likeness (QED) is 0.487. The Kier molecular flexibility index (Phi) is 3.88. The molecule has 0 aromatic carbocycles. The van der Waals surface area contributed by atoms with E-state index < -0.39 is 0 Å². The Morgan fingerprint density at radius 3 is 1.74 bits per heavy atom. The number of hydrogen-bond donors (Lipinski definition) is 1. The molecular formula is C22H13N9. The van der Waals surface area contributed by atoms with Crippen LogP contribution in [0.4, 0.5) is 11.6 Å². The molecule has 0 fully saturated rings. The summed E-state index contributed by atoms with van der Waals surface area (Å²) in [4.78, 5) is 36.5. The number of pyridine rings is 3. The number of aliphatic imine (C=N–C) groups is 1. The summed E-state index contributed by atoms with van der Waals surface area (Å²) in [5.74, 6) is 2.46. The first kappa shape index (κ1) is 17.2. The van der Waals surface area contributed by atoms with Crippen LogP contribution in [0, 0.1) is 0 Å². The van der Waals surface area contributed by atoms with Gasteiger partial charge < -0.3 is 5.32 Å². The predicted molar refractivity (Wildman–Crippen MR) is 116 cm³/mol. The van der Waals surface area contributed by atoms with Gasteiger partial charge in [0.15, 0.2) is 28.9 Å². The molecule has 1 aliphatic heterocycles. The summed E-state index contributed by atoms with van der Waals surface area (Å²) in [6.07, 6.45) is 5.11. The van der Waals surface area contributed by atoms with Crippen LogP contribution >= 0.6 is 0 Å². The second-order valence-electron chi connectivity index (χ2n) is 6.70. The van der Waals surface area contributed by atoms with Crippen LogP contribution in [0.25, 0.3) is 34.1 Å². The normalized spacial score (nSPS) is 12.3. The van der Waals surface area contributed by atoms with E-state index in [2.05, 4.69) is 35.2 Å². The number of anilines is 1. The van der Waals surface area contributed by atoms with E-state index in [1.165, 1.54) is 0 Å². The van der Waals surface area contributed by atoms with Crippen molar-refractivity contribution in [2.45, 2.75) is 0 Å². The topological polar surface area (TPSA) is 115 Å². The molecule has 6 rings (SSSR count). The van der Waals surface area contributed by atoms with Gasteiger partial charge in [0.1, 0.15) is 28.3 Å². The van der Waals surface area contributed by atoms with E-state index in [4.69, 9.17) is 9.98 Å². The highest BCUT2D eigenvalue weighted by atomic mass is 15.2. The van der Waals surface area contributed by atoms with Crippen LogP contribution < -0.4 is 5.32 Å². The number of amidine groups is 1. The second-order valence-corrected chi connectivity index (χ2v) is 6.70. The summed E-state index contributed by atoms with van der Waals surface area (Å²) in [5.41, 5.74) is 2.42. The summed E-state index contributed by atoms with van der Waals surface area (Å²) in [7, 11) is 0. The first-order valence-electron chi connectivity index (χ1n) is 9.55. The van der Waals surface area contributed by atoms with Crippen LogP contribution in [0.1, 0.15) is 5.69 Å². The molecule has 0 atom stereocenters. The third kappa shape index (κ3) is 3.04. The Morgan fingerprint density at radius 1 is 0.581 bits per heavy atom. The molecule has 0 unspecified atom stereocenters. The van der Waals surface area contributed by atoms with Crippen LogP contribution in [0.2, 0.25) is 0 Å². The maximum absolute atomic E-state index is 4.69. The lowest BCUT2D eigenvalue weighted by Crippen LogP contribution is -2.20. The molecule has 9 nitrogen and oxygen atoms in total. The number of rotatable bonds is 3. The maximum atomic E-state index is 4.69. The second kappa shape index (κ2) is 6.99. The molecule has 1 N–H and O–H groups in total. The molecule has 6 heterocycles. The van der Waals surface area contributed by atoms with E-state index in [-0.39, 0.29) is 0 Å². The van der Waals surface area contributed by atoms with Crippen LogP contribution in [0.15, 0.2) is 78.2 Å². The molecular weight excluding hydrogens is 390 g/mol. The van der Waals surface area contributed by atoms with Crippen LogP contribution in [0.3, 0.4) is 0 Å². The molecule has 5 aromatic rings. The minimum Gasteiger partial charge on any atom is -0.322 e. The summed E-state index contributed by atoms with van der Waals surface area (Å²) in [6, 6.07) is 16.8. The van der Waals surface area contributed by atoms with Gasteiger partial charge in [0.05, 0.1) is 0 Å². The van der Waals surface area contributed by atoms with Crippen molar-refractivity contribution in [2.75, 3.05) is 5.32 Å². The average Bonchev–Trinajstić information content (AvgIpc) is 2.85. The van der Waals surface area contributed by atoms with Gasteiger partial charge >= 0.3 is 0 Å². The Morgan fingerprint density at radius 2 is 1.16 bits per heavy atom. The van der Waals surface area contributed by atoms with E-state index in [9.17, 15) is 0 Å². The van der Waals surface area contributed by atoms with Crippen molar-refractivity contribution in [3.8, 4) is 23.0 Å². The first-order chi connectivity index (χ1) is 15.3. The molecule has 0 aliphatic carbocycles. The number of hydrogen-bond acceptors (Lipinski definition) is 9.